The minimum atomic E-state index is -0.123. The highest BCUT2D eigenvalue weighted by atomic mass is 79.9. The molecule has 1 aliphatic carbocycles. The molecule has 4 rings (SSSR count). The lowest BCUT2D eigenvalue weighted by Gasteiger charge is -2.12. The highest BCUT2D eigenvalue weighted by molar-refractivity contribution is 9.10. The zero-order valence-corrected chi connectivity index (χ0v) is 18.4. The Morgan fingerprint density at radius 3 is 3.00 bits per heavy atom. The van der Waals surface area contributed by atoms with Crippen molar-refractivity contribution in [1.82, 2.24) is 9.66 Å². The summed E-state index contributed by atoms with van der Waals surface area (Å²) in [5, 5.41) is 5.07. The van der Waals surface area contributed by atoms with E-state index in [1.54, 1.807) is 36.8 Å². The van der Waals surface area contributed by atoms with Gasteiger partial charge in [-0.15, -0.1) is 11.3 Å². The SMILES string of the molecule is C=CCOc1c(Br)cc(/C=N/n2cnc3sc4c(c3c2=O)CCCC4)cc1OC. The normalized spacial score (nSPS) is 13.6. The number of hydrogen-bond acceptors (Lipinski definition) is 6. The van der Waals surface area contributed by atoms with E-state index in [2.05, 4.69) is 32.6 Å². The summed E-state index contributed by atoms with van der Waals surface area (Å²) in [5.74, 6) is 1.16. The molecule has 6 nitrogen and oxygen atoms in total. The van der Waals surface area contributed by atoms with Crippen molar-refractivity contribution in [1.29, 1.82) is 0 Å². The van der Waals surface area contributed by atoms with E-state index in [4.69, 9.17) is 9.47 Å². The van der Waals surface area contributed by atoms with Crippen LogP contribution in [0.1, 0.15) is 28.8 Å². The smallest absolute Gasteiger partial charge is 0.282 e. The van der Waals surface area contributed by atoms with Gasteiger partial charge in [-0.05, 0) is 64.9 Å². The molecule has 0 bridgehead atoms. The van der Waals surface area contributed by atoms with Crippen LogP contribution < -0.4 is 15.0 Å². The summed E-state index contributed by atoms with van der Waals surface area (Å²) in [7, 11) is 1.57. The first-order chi connectivity index (χ1) is 14.1. The summed E-state index contributed by atoms with van der Waals surface area (Å²) < 4.78 is 13.1. The zero-order chi connectivity index (χ0) is 20.4. The molecule has 0 unspecified atom stereocenters. The van der Waals surface area contributed by atoms with E-state index < -0.39 is 0 Å². The lowest BCUT2D eigenvalue weighted by Crippen LogP contribution is -2.18. The molecule has 29 heavy (non-hydrogen) atoms. The van der Waals surface area contributed by atoms with Crippen molar-refractivity contribution in [2.24, 2.45) is 5.10 Å². The fourth-order valence-electron chi connectivity index (χ4n) is 3.44. The minimum Gasteiger partial charge on any atom is -0.493 e. The average Bonchev–Trinajstić information content (AvgIpc) is 3.11. The molecule has 0 saturated heterocycles. The van der Waals surface area contributed by atoms with Crippen molar-refractivity contribution in [2.75, 3.05) is 13.7 Å². The molecule has 0 N–H and O–H groups in total. The quantitative estimate of drug-likeness (QED) is 0.388. The molecule has 1 aliphatic rings. The second-order valence-corrected chi connectivity index (χ2v) is 8.60. The van der Waals surface area contributed by atoms with Crippen molar-refractivity contribution in [3.63, 3.8) is 0 Å². The fourth-order valence-corrected chi connectivity index (χ4v) is 5.24. The van der Waals surface area contributed by atoms with Crippen molar-refractivity contribution < 1.29 is 9.47 Å². The van der Waals surface area contributed by atoms with Crippen LogP contribution in [0.3, 0.4) is 0 Å². The van der Waals surface area contributed by atoms with Crippen LogP contribution in [0.15, 0.2) is 45.5 Å². The third-order valence-electron chi connectivity index (χ3n) is 4.79. The minimum absolute atomic E-state index is 0.123. The average molecular weight is 474 g/mol. The number of ether oxygens (including phenoxy) is 2. The number of aromatic nitrogens is 2. The van der Waals surface area contributed by atoms with E-state index in [-0.39, 0.29) is 5.56 Å². The Kier molecular flexibility index (Phi) is 5.82. The molecule has 8 heteroatoms. The van der Waals surface area contributed by atoms with Gasteiger partial charge in [-0.2, -0.15) is 9.78 Å². The maximum atomic E-state index is 13.0. The summed E-state index contributed by atoms with van der Waals surface area (Å²) in [5.41, 5.74) is 1.80. The zero-order valence-electron chi connectivity index (χ0n) is 16.0. The number of halogens is 1. The topological polar surface area (TPSA) is 65.7 Å². The van der Waals surface area contributed by atoms with E-state index in [1.807, 2.05) is 6.07 Å². The summed E-state index contributed by atoms with van der Waals surface area (Å²) in [6.07, 6.45) is 9.03. The number of aryl methyl sites for hydroxylation is 2. The molecule has 150 valence electrons. The van der Waals surface area contributed by atoms with Crippen LogP contribution in [0.4, 0.5) is 0 Å². The van der Waals surface area contributed by atoms with Gasteiger partial charge in [-0.1, -0.05) is 12.7 Å². The van der Waals surface area contributed by atoms with Gasteiger partial charge >= 0.3 is 0 Å². The number of benzene rings is 1. The maximum Gasteiger partial charge on any atom is 0.282 e. The Morgan fingerprint density at radius 2 is 2.21 bits per heavy atom. The first-order valence-corrected chi connectivity index (χ1v) is 10.9. The monoisotopic (exact) mass is 473 g/mol. The van der Waals surface area contributed by atoms with Gasteiger partial charge in [-0.3, -0.25) is 4.79 Å². The van der Waals surface area contributed by atoms with Gasteiger partial charge in [0, 0.05) is 4.88 Å². The van der Waals surface area contributed by atoms with Gasteiger partial charge in [0.2, 0.25) is 0 Å². The molecule has 0 spiro atoms. The van der Waals surface area contributed by atoms with Crippen LogP contribution in [-0.2, 0) is 12.8 Å². The molecular weight excluding hydrogens is 454 g/mol. The second kappa shape index (κ2) is 8.51. The molecule has 2 heterocycles. The summed E-state index contributed by atoms with van der Waals surface area (Å²) >= 11 is 5.13. The standard InChI is InChI=1S/C21H20BrN3O3S/c1-3-8-28-19-15(22)9-13(10-16(19)27-2)11-24-25-12-23-20-18(21(25)26)14-6-4-5-7-17(14)29-20/h3,9-12H,1,4-8H2,2H3/b24-11+. The van der Waals surface area contributed by atoms with Crippen LogP contribution in [0.25, 0.3) is 10.2 Å². The molecule has 0 amide bonds. The Balaban J connectivity index is 1.70. The molecule has 0 fully saturated rings. The molecular formula is C21H20BrN3O3S. The van der Waals surface area contributed by atoms with Gasteiger partial charge in [0.15, 0.2) is 11.5 Å². The summed E-state index contributed by atoms with van der Waals surface area (Å²) in [6.45, 7) is 4.02. The summed E-state index contributed by atoms with van der Waals surface area (Å²) in [6, 6.07) is 3.66. The number of methoxy groups -OCH3 is 1. The van der Waals surface area contributed by atoms with Gasteiger partial charge in [-0.25, -0.2) is 4.98 Å². The highest BCUT2D eigenvalue weighted by Crippen LogP contribution is 2.36. The number of fused-ring (bicyclic) bond motifs is 3. The van der Waals surface area contributed by atoms with Crippen LogP contribution in [0.2, 0.25) is 0 Å². The molecule has 0 radical (unpaired) electrons. The number of nitrogens with zero attached hydrogens (tertiary/aromatic N) is 3. The van der Waals surface area contributed by atoms with E-state index >= 15 is 0 Å². The van der Waals surface area contributed by atoms with Gasteiger partial charge in [0.05, 0.1) is 23.2 Å². The summed E-state index contributed by atoms with van der Waals surface area (Å²) in [4.78, 5) is 19.6. The van der Waals surface area contributed by atoms with Crippen molar-refractivity contribution >= 4 is 43.7 Å². The molecule has 0 atom stereocenters. The predicted octanol–water partition coefficient (Wildman–Crippen LogP) is 4.55. The number of hydrogen-bond donors (Lipinski definition) is 0. The third kappa shape index (κ3) is 3.86. The van der Waals surface area contributed by atoms with Crippen LogP contribution in [0.5, 0.6) is 11.5 Å². The van der Waals surface area contributed by atoms with E-state index in [1.165, 1.54) is 22.3 Å². The van der Waals surface area contributed by atoms with E-state index in [0.717, 1.165) is 45.1 Å². The lowest BCUT2D eigenvalue weighted by molar-refractivity contribution is 0.324. The number of rotatable bonds is 6. The van der Waals surface area contributed by atoms with Crippen LogP contribution >= 0.6 is 27.3 Å². The van der Waals surface area contributed by atoms with Gasteiger partial charge in [0.1, 0.15) is 17.8 Å². The highest BCUT2D eigenvalue weighted by Gasteiger charge is 2.20. The largest absolute Gasteiger partial charge is 0.493 e. The molecule has 0 saturated carbocycles. The van der Waals surface area contributed by atoms with Gasteiger partial charge < -0.3 is 9.47 Å². The predicted molar refractivity (Wildman–Crippen MR) is 120 cm³/mol. The van der Waals surface area contributed by atoms with Gasteiger partial charge in [0.25, 0.3) is 5.56 Å². The second-order valence-electron chi connectivity index (χ2n) is 6.66. The number of thiophene rings is 1. The Morgan fingerprint density at radius 1 is 1.38 bits per heavy atom. The van der Waals surface area contributed by atoms with E-state index in [9.17, 15) is 4.79 Å². The Labute approximate surface area is 180 Å². The van der Waals surface area contributed by atoms with E-state index in [0.29, 0.717) is 18.1 Å². The Hall–Kier alpha value is -2.45. The van der Waals surface area contributed by atoms with Crippen LogP contribution in [-0.4, -0.2) is 29.6 Å². The Bertz CT molecular complexity index is 1170. The third-order valence-corrected chi connectivity index (χ3v) is 6.58. The molecule has 3 aromatic rings. The first-order valence-electron chi connectivity index (χ1n) is 9.30. The fraction of sp³-hybridized carbons (Fsp3) is 0.286. The first kappa shape index (κ1) is 19.8. The maximum absolute atomic E-state index is 13.0. The van der Waals surface area contributed by atoms with Crippen molar-refractivity contribution in [2.45, 2.75) is 25.7 Å². The van der Waals surface area contributed by atoms with Crippen LogP contribution in [0, 0.1) is 0 Å². The molecule has 0 aliphatic heterocycles. The van der Waals surface area contributed by atoms with Crippen molar-refractivity contribution in [3.05, 3.63) is 61.9 Å². The molecule has 1 aromatic carbocycles. The van der Waals surface area contributed by atoms with Crippen molar-refractivity contribution in [3.8, 4) is 11.5 Å². The molecule has 2 aromatic heterocycles. The lowest BCUT2D eigenvalue weighted by atomic mass is 9.97.